The number of nitrogens with one attached hydrogen (secondary N) is 2. The first-order chi connectivity index (χ1) is 22.5. The van der Waals surface area contributed by atoms with Crippen molar-refractivity contribution in [2.75, 3.05) is 39.3 Å². The van der Waals surface area contributed by atoms with Crippen molar-refractivity contribution in [1.29, 1.82) is 5.26 Å². The molecule has 2 aromatic carbocycles. The van der Waals surface area contributed by atoms with Gasteiger partial charge in [-0.05, 0) is 114 Å². The number of aromatic amines is 1. The maximum absolute atomic E-state index is 13.3. The quantitative estimate of drug-likeness (QED) is 0.363. The van der Waals surface area contributed by atoms with Gasteiger partial charge in [-0.1, -0.05) is 12.1 Å². The number of hydrogen-bond acceptors (Lipinski definition) is 8. The number of fused-ring (bicyclic) bond motifs is 3. The molecule has 12 nitrogen and oxygen atoms in total. The molecule has 0 unspecified atom stereocenters. The van der Waals surface area contributed by atoms with Gasteiger partial charge in [-0.15, -0.1) is 5.10 Å². The number of H-pyrrole nitrogens is 1. The van der Waals surface area contributed by atoms with E-state index in [1.54, 1.807) is 4.90 Å². The smallest absolute Gasteiger partial charge is 0.253 e. The predicted molar refractivity (Wildman–Crippen MR) is 166 cm³/mol. The third kappa shape index (κ3) is 4.67. The topological polar surface area (TPSA) is 151 Å². The van der Waals surface area contributed by atoms with Crippen LogP contribution in [0.25, 0.3) is 0 Å². The normalized spacial score (nSPS) is 23.6. The Morgan fingerprint density at radius 3 is 2.09 bits per heavy atom. The number of benzene rings is 2. The Kier molecular flexibility index (Phi) is 7.09. The number of carbonyl (C=O) groups is 3. The number of rotatable bonds is 8. The molecule has 2 N–H and O–H groups in total. The van der Waals surface area contributed by atoms with Crippen LogP contribution < -0.4 is 5.32 Å². The van der Waals surface area contributed by atoms with E-state index in [2.05, 4.69) is 32.0 Å². The van der Waals surface area contributed by atoms with Crippen molar-refractivity contribution in [3.05, 3.63) is 75.6 Å². The van der Waals surface area contributed by atoms with Crippen LogP contribution in [-0.4, -0.2) is 104 Å². The summed E-state index contributed by atoms with van der Waals surface area (Å²) in [6.07, 6.45) is 5.70. The summed E-state index contributed by atoms with van der Waals surface area (Å²) in [6, 6.07) is 14.1. The molecule has 12 heteroatoms. The van der Waals surface area contributed by atoms with Crippen molar-refractivity contribution in [3.63, 3.8) is 0 Å². The average molecular weight is 620 g/mol. The highest BCUT2D eigenvalue weighted by molar-refractivity contribution is 5.96. The molecule has 4 heterocycles. The summed E-state index contributed by atoms with van der Waals surface area (Å²) in [6.45, 7) is 3.72. The first-order valence-corrected chi connectivity index (χ1v) is 16.5. The van der Waals surface area contributed by atoms with Gasteiger partial charge in [0.1, 0.15) is 6.04 Å². The van der Waals surface area contributed by atoms with Crippen molar-refractivity contribution in [2.24, 2.45) is 5.92 Å². The lowest BCUT2D eigenvalue weighted by atomic mass is 9.69. The van der Waals surface area contributed by atoms with E-state index < -0.39 is 5.41 Å². The zero-order valence-corrected chi connectivity index (χ0v) is 25.7. The fourth-order valence-corrected chi connectivity index (χ4v) is 7.99. The number of hydrogen-bond donors (Lipinski definition) is 2. The molecule has 3 aromatic rings. The van der Waals surface area contributed by atoms with E-state index in [-0.39, 0.29) is 36.3 Å². The molecule has 0 spiro atoms. The summed E-state index contributed by atoms with van der Waals surface area (Å²) in [5.41, 5.74) is 4.60. The van der Waals surface area contributed by atoms with Crippen LogP contribution >= 0.6 is 0 Å². The maximum atomic E-state index is 13.3. The third-order valence-corrected chi connectivity index (χ3v) is 10.8. The molecule has 0 bridgehead atoms. The third-order valence-electron chi connectivity index (χ3n) is 10.8. The molecule has 1 saturated carbocycles. The Balaban J connectivity index is 1.15. The van der Waals surface area contributed by atoms with Gasteiger partial charge in [-0.3, -0.25) is 14.4 Å². The standard InChI is InChI=1S/C34H37N9O3/c35-19-26-17-25-18-29(25)43(26)30(44)20-36-10-9-34(33-37-39-40-38-33)27-7-5-23(31(45)41-11-1-12-41)15-21(27)3-4-22-16-24(6-8-28(22)34)32(46)42-13-2-14-42/h5-8,15-16,25-26,29,36H,1-4,9-14,17-18,20H2,(H,37,38,39,40)/t25-,26+,29+/m1/s1. The lowest BCUT2D eigenvalue weighted by molar-refractivity contribution is -0.131. The van der Waals surface area contributed by atoms with Crippen LogP contribution in [0.15, 0.2) is 36.4 Å². The second kappa shape index (κ2) is 11.3. The molecule has 8 rings (SSSR count). The highest BCUT2D eigenvalue weighted by Gasteiger charge is 2.54. The predicted octanol–water partition coefficient (Wildman–Crippen LogP) is 1.82. The lowest BCUT2D eigenvalue weighted by Crippen LogP contribution is -2.44. The first kappa shape index (κ1) is 28.8. The Bertz CT molecular complexity index is 1660. The number of tetrazole rings is 1. The molecule has 3 atom stereocenters. The van der Waals surface area contributed by atoms with Gasteiger partial charge >= 0.3 is 0 Å². The van der Waals surface area contributed by atoms with Gasteiger partial charge in [0.25, 0.3) is 11.8 Å². The molecule has 4 fully saturated rings. The number of likely N-dealkylation sites (tertiary alicyclic amines) is 3. The van der Waals surface area contributed by atoms with Crippen molar-refractivity contribution in [3.8, 4) is 6.07 Å². The number of nitriles is 1. The zero-order chi connectivity index (χ0) is 31.4. The number of piperidine rings is 1. The minimum Gasteiger partial charge on any atom is -0.339 e. The van der Waals surface area contributed by atoms with Gasteiger partial charge in [-0.2, -0.15) is 5.26 Å². The molecule has 46 heavy (non-hydrogen) atoms. The highest BCUT2D eigenvalue weighted by Crippen LogP contribution is 2.48. The molecule has 2 aliphatic carbocycles. The Hall–Kier alpha value is -4.63. The van der Waals surface area contributed by atoms with Gasteiger partial charge in [0.2, 0.25) is 5.91 Å². The van der Waals surface area contributed by atoms with E-state index in [0.29, 0.717) is 48.7 Å². The van der Waals surface area contributed by atoms with Gasteiger partial charge in [0.15, 0.2) is 5.82 Å². The van der Waals surface area contributed by atoms with Crippen LogP contribution in [0.1, 0.15) is 80.9 Å². The Morgan fingerprint density at radius 2 is 1.57 bits per heavy atom. The fraction of sp³-hybridized carbons (Fsp3) is 0.500. The van der Waals surface area contributed by atoms with Crippen LogP contribution in [-0.2, 0) is 23.1 Å². The molecule has 0 radical (unpaired) electrons. The van der Waals surface area contributed by atoms with E-state index in [9.17, 15) is 19.6 Å². The maximum Gasteiger partial charge on any atom is 0.253 e. The van der Waals surface area contributed by atoms with E-state index in [1.807, 2.05) is 46.2 Å². The number of aryl methyl sites for hydroxylation is 2. The summed E-state index contributed by atoms with van der Waals surface area (Å²) in [4.78, 5) is 45.3. The monoisotopic (exact) mass is 619 g/mol. The molecule has 5 aliphatic rings. The first-order valence-electron chi connectivity index (χ1n) is 16.5. The number of aromatic nitrogens is 4. The van der Waals surface area contributed by atoms with E-state index >= 15 is 0 Å². The van der Waals surface area contributed by atoms with Gasteiger partial charge in [0, 0.05) is 43.3 Å². The summed E-state index contributed by atoms with van der Waals surface area (Å²) in [5.74, 6) is 1.07. The molecule has 3 saturated heterocycles. The van der Waals surface area contributed by atoms with Crippen molar-refractivity contribution in [1.82, 2.24) is 40.6 Å². The second-order valence-electron chi connectivity index (χ2n) is 13.4. The van der Waals surface area contributed by atoms with Crippen LogP contribution in [0.3, 0.4) is 0 Å². The van der Waals surface area contributed by atoms with E-state index in [1.165, 1.54) is 0 Å². The average Bonchev–Trinajstić information content (AvgIpc) is 3.40. The van der Waals surface area contributed by atoms with Crippen LogP contribution in [0.2, 0.25) is 0 Å². The summed E-state index contributed by atoms with van der Waals surface area (Å²) in [7, 11) is 0. The highest BCUT2D eigenvalue weighted by atomic mass is 16.2. The largest absolute Gasteiger partial charge is 0.339 e. The van der Waals surface area contributed by atoms with Gasteiger partial charge in [-0.25, -0.2) is 5.10 Å². The molecule has 3 amide bonds. The summed E-state index contributed by atoms with van der Waals surface area (Å²) >= 11 is 0. The fourth-order valence-electron chi connectivity index (χ4n) is 7.99. The molecule has 1 aromatic heterocycles. The van der Waals surface area contributed by atoms with Gasteiger partial charge in [0.05, 0.1) is 18.0 Å². The molecule has 236 valence electrons. The number of nitrogens with zero attached hydrogens (tertiary/aromatic N) is 7. The molecular weight excluding hydrogens is 582 g/mol. The minimum atomic E-state index is -0.832. The van der Waals surface area contributed by atoms with E-state index in [4.69, 9.17) is 0 Å². The second-order valence-corrected chi connectivity index (χ2v) is 13.4. The molecule has 3 aliphatic heterocycles. The Morgan fingerprint density at radius 1 is 0.935 bits per heavy atom. The number of carbonyl (C=O) groups excluding carboxylic acids is 3. The van der Waals surface area contributed by atoms with Gasteiger partial charge < -0.3 is 20.0 Å². The SMILES string of the molecule is N#C[C@@H]1C[C@@H]2C[C@@H]2N1C(=O)CNCCC1(c2nnn[nH]2)c2ccc(C(=O)N3CCC3)cc2CCc2cc(C(=O)N3CCC3)ccc21. The van der Waals surface area contributed by atoms with Crippen molar-refractivity contribution >= 4 is 17.7 Å². The van der Waals surface area contributed by atoms with Crippen LogP contribution in [0, 0.1) is 17.2 Å². The van der Waals surface area contributed by atoms with Crippen molar-refractivity contribution in [2.45, 2.75) is 62.4 Å². The van der Waals surface area contributed by atoms with Crippen LogP contribution in [0.5, 0.6) is 0 Å². The minimum absolute atomic E-state index is 0.0424. The van der Waals surface area contributed by atoms with Crippen LogP contribution in [0.4, 0.5) is 0 Å². The molecular formula is C34H37N9O3. The lowest BCUT2D eigenvalue weighted by Gasteiger charge is -2.35. The summed E-state index contributed by atoms with van der Waals surface area (Å²) in [5, 5.41) is 28.5. The zero-order valence-electron chi connectivity index (χ0n) is 25.7. The number of amides is 3. The summed E-state index contributed by atoms with van der Waals surface area (Å²) < 4.78 is 0. The Labute approximate surface area is 267 Å². The van der Waals surface area contributed by atoms with Crippen molar-refractivity contribution < 1.29 is 14.4 Å². The van der Waals surface area contributed by atoms with E-state index in [0.717, 1.165) is 74.1 Å².